The van der Waals surface area contributed by atoms with Gasteiger partial charge in [-0.3, -0.25) is 4.79 Å². The molecule has 0 radical (unpaired) electrons. The molecule has 5 nitrogen and oxygen atoms in total. The summed E-state index contributed by atoms with van der Waals surface area (Å²) in [5.74, 6) is -1.58. The number of benzene rings is 1. The fraction of sp³-hybridized carbons (Fsp3) is 0.273. The molecule has 0 heterocycles. The third-order valence-corrected chi connectivity index (χ3v) is 2.52. The molecule has 1 unspecified atom stereocenters. The van der Waals surface area contributed by atoms with Crippen molar-refractivity contribution in [2.75, 3.05) is 6.61 Å². The van der Waals surface area contributed by atoms with E-state index in [-0.39, 0.29) is 12.2 Å². The Kier molecular flexibility index (Phi) is 4.96. The van der Waals surface area contributed by atoms with E-state index in [1.54, 1.807) is 19.1 Å². The molecule has 0 saturated carbocycles. The molecule has 0 spiro atoms. The van der Waals surface area contributed by atoms with Crippen molar-refractivity contribution in [3.63, 3.8) is 0 Å². The lowest BCUT2D eigenvalue weighted by Gasteiger charge is -2.07. The van der Waals surface area contributed by atoms with Crippen LogP contribution in [0.5, 0.6) is 0 Å². The highest BCUT2D eigenvalue weighted by molar-refractivity contribution is 9.10. The minimum absolute atomic E-state index is 0.0957. The molecule has 6 heteroatoms. The van der Waals surface area contributed by atoms with Crippen molar-refractivity contribution < 1.29 is 14.3 Å². The number of halogens is 1. The summed E-state index contributed by atoms with van der Waals surface area (Å²) < 4.78 is 5.39. The summed E-state index contributed by atoms with van der Waals surface area (Å²) in [6.07, 6.45) is 0. The van der Waals surface area contributed by atoms with Gasteiger partial charge in [-0.25, -0.2) is 4.79 Å². The van der Waals surface area contributed by atoms with Gasteiger partial charge in [-0.05, 0) is 24.2 Å². The third kappa shape index (κ3) is 3.45. The van der Waals surface area contributed by atoms with Crippen molar-refractivity contribution in [3.05, 3.63) is 39.2 Å². The Morgan fingerprint density at radius 1 is 1.35 bits per heavy atom. The second-order valence-corrected chi connectivity index (χ2v) is 4.05. The van der Waals surface area contributed by atoms with Crippen molar-refractivity contribution in [2.45, 2.75) is 13.0 Å². The first-order valence-electron chi connectivity index (χ1n) is 4.89. The molecule has 1 aromatic rings. The fourth-order valence-corrected chi connectivity index (χ4v) is 1.46. The van der Waals surface area contributed by atoms with E-state index >= 15 is 0 Å². The predicted molar refractivity (Wildman–Crippen MR) is 64.7 cm³/mol. The molecule has 1 rings (SSSR count). The van der Waals surface area contributed by atoms with E-state index in [1.165, 1.54) is 12.1 Å². The first-order chi connectivity index (χ1) is 8.10. The van der Waals surface area contributed by atoms with Gasteiger partial charge in [0.15, 0.2) is 0 Å². The molecule has 0 aliphatic rings. The number of ether oxygens (including phenoxy) is 1. The van der Waals surface area contributed by atoms with Gasteiger partial charge in [0.1, 0.15) is 0 Å². The summed E-state index contributed by atoms with van der Waals surface area (Å²) in [5.41, 5.74) is 0.242. The number of carbonyl (C=O) groups is 2. The van der Waals surface area contributed by atoms with Crippen LogP contribution in [0.15, 0.2) is 33.9 Å². The number of hydrogen-bond donors (Lipinski definition) is 0. The molecule has 17 heavy (non-hydrogen) atoms. The van der Waals surface area contributed by atoms with Crippen LogP contribution >= 0.6 is 15.9 Å². The van der Waals surface area contributed by atoms with Gasteiger partial charge in [-0.1, -0.05) is 28.1 Å². The lowest BCUT2D eigenvalue weighted by Crippen LogP contribution is -2.30. The number of nitrogens with zero attached hydrogens (tertiary/aromatic N) is 1. The number of esters is 1. The normalized spacial score (nSPS) is 11.6. The Bertz CT molecular complexity index is 430. The first kappa shape index (κ1) is 13.5. The Morgan fingerprint density at radius 3 is 2.41 bits per heavy atom. The molecule has 0 aliphatic heterocycles. The van der Waals surface area contributed by atoms with Crippen molar-refractivity contribution in [2.24, 2.45) is 5.18 Å². The third-order valence-electron chi connectivity index (χ3n) is 1.99. The zero-order chi connectivity index (χ0) is 12.8. The van der Waals surface area contributed by atoms with Crippen LogP contribution in [0.3, 0.4) is 0 Å². The number of ketones is 1. The lowest BCUT2D eigenvalue weighted by molar-refractivity contribution is -0.143. The highest BCUT2D eigenvalue weighted by atomic mass is 79.9. The smallest absolute Gasteiger partial charge is 0.342 e. The summed E-state index contributed by atoms with van der Waals surface area (Å²) in [5, 5.41) is 2.52. The van der Waals surface area contributed by atoms with Gasteiger partial charge in [-0.15, -0.1) is 4.91 Å². The number of nitroso groups, excluding NO2 is 1. The van der Waals surface area contributed by atoms with Crippen LogP contribution in [0.25, 0.3) is 0 Å². The molecule has 0 saturated heterocycles. The highest BCUT2D eigenvalue weighted by Crippen LogP contribution is 2.13. The maximum atomic E-state index is 11.8. The molecule has 0 bridgehead atoms. The van der Waals surface area contributed by atoms with Crippen LogP contribution in [-0.2, 0) is 9.53 Å². The first-order valence-corrected chi connectivity index (χ1v) is 5.68. The molecular weight excluding hydrogens is 290 g/mol. The van der Waals surface area contributed by atoms with E-state index in [2.05, 4.69) is 25.8 Å². The standard InChI is InChI=1S/C11H10BrNO4/c1-2-17-11(15)9(13-16)10(14)7-3-5-8(12)6-4-7/h3-6,9H,2H2,1H3. The Morgan fingerprint density at radius 2 is 1.94 bits per heavy atom. The van der Waals surface area contributed by atoms with Gasteiger partial charge in [-0.2, -0.15) is 0 Å². The van der Waals surface area contributed by atoms with Gasteiger partial charge >= 0.3 is 5.97 Å². The average molecular weight is 300 g/mol. The van der Waals surface area contributed by atoms with Gasteiger partial charge in [0, 0.05) is 10.0 Å². The molecule has 90 valence electrons. The largest absolute Gasteiger partial charge is 0.464 e. The number of rotatable bonds is 5. The van der Waals surface area contributed by atoms with Crippen LogP contribution in [0.4, 0.5) is 0 Å². The summed E-state index contributed by atoms with van der Waals surface area (Å²) in [4.78, 5) is 33.6. The zero-order valence-corrected chi connectivity index (χ0v) is 10.6. The van der Waals surface area contributed by atoms with Crippen molar-refractivity contribution in [1.29, 1.82) is 0 Å². The van der Waals surface area contributed by atoms with E-state index in [0.29, 0.717) is 0 Å². The van der Waals surface area contributed by atoms with Crippen LogP contribution in [0.2, 0.25) is 0 Å². The Balaban J connectivity index is 2.90. The number of hydrogen-bond acceptors (Lipinski definition) is 5. The van der Waals surface area contributed by atoms with Crippen molar-refractivity contribution >= 4 is 27.7 Å². The molecule has 1 atom stereocenters. The van der Waals surface area contributed by atoms with E-state index in [0.717, 1.165) is 4.47 Å². The highest BCUT2D eigenvalue weighted by Gasteiger charge is 2.30. The minimum Gasteiger partial charge on any atom is -0.464 e. The van der Waals surface area contributed by atoms with Crippen LogP contribution in [-0.4, -0.2) is 24.4 Å². The number of carbonyl (C=O) groups excluding carboxylic acids is 2. The average Bonchev–Trinajstić information content (AvgIpc) is 2.31. The van der Waals surface area contributed by atoms with E-state index in [1.807, 2.05) is 0 Å². The van der Waals surface area contributed by atoms with E-state index < -0.39 is 17.8 Å². The lowest BCUT2D eigenvalue weighted by atomic mass is 10.1. The molecule has 0 amide bonds. The minimum atomic E-state index is -1.63. The zero-order valence-electron chi connectivity index (χ0n) is 9.05. The van der Waals surface area contributed by atoms with Crippen LogP contribution in [0, 0.1) is 4.91 Å². The second kappa shape index (κ2) is 6.24. The molecule has 0 aromatic heterocycles. The Labute approximate surface area is 106 Å². The second-order valence-electron chi connectivity index (χ2n) is 3.13. The molecular formula is C11H10BrNO4. The summed E-state index contributed by atoms with van der Waals surface area (Å²) >= 11 is 3.21. The van der Waals surface area contributed by atoms with Gasteiger partial charge < -0.3 is 4.74 Å². The van der Waals surface area contributed by atoms with Crippen LogP contribution < -0.4 is 0 Å². The monoisotopic (exact) mass is 299 g/mol. The van der Waals surface area contributed by atoms with Crippen molar-refractivity contribution in [3.8, 4) is 0 Å². The van der Waals surface area contributed by atoms with Gasteiger partial charge in [0.25, 0.3) is 6.04 Å². The molecule has 0 aliphatic carbocycles. The van der Waals surface area contributed by atoms with E-state index in [4.69, 9.17) is 0 Å². The summed E-state index contributed by atoms with van der Waals surface area (Å²) in [6, 6.07) is 4.66. The molecule has 0 N–H and O–H groups in total. The summed E-state index contributed by atoms with van der Waals surface area (Å²) in [7, 11) is 0. The topological polar surface area (TPSA) is 72.8 Å². The van der Waals surface area contributed by atoms with Crippen molar-refractivity contribution in [1.82, 2.24) is 0 Å². The quantitative estimate of drug-likeness (QED) is 0.362. The SMILES string of the molecule is CCOC(=O)C(N=O)C(=O)c1ccc(Br)cc1. The number of Topliss-reactive ketones (excluding diaryl/α,β-unsaturated/α-hetero) is 1. The molecule has 0 fully saturated rings. The molecule has 1 aromatic carbocycles. The summed E-state index contributed by atoms with van der Waals surface area (Å²) in [6.45, 7) is 1.68. The Hall–Kier alpha value is -1.56. The maximum Gasteiger partial charge on any atom is 0.342 e. The predicted octanol–water partition coefficient (Wildman–Crippen LogP) is 2.33. The maximum absolute atomic E-state index is 11.8. The van der Waals surface area contributed by atoms with E-state index in [9.17, 15) is 14.5 Å². The van der Waals surface area contributed by atoms with Crippen LogP contribution in [0.1, 0.15) is 17.3 Å². The van der Waals surface area contributed by atoms with Gasteiger partial charge in [0.05, 0.1) is 6.61 Å². The fourth-order valence-electron chi connectivity index (χ4n) is 1.19. The van der Waals surface area contributed by atoms with Gasteiger partial charge in [0.2, 0.25) is 5.78 Å².